The monoisotopic (exact) mass is 280 g/mol. The molecule has 106 valence electrons. The molecule has 0 saturated carbocycles. The molecule has 1 N–H and O–H groups in total. The number of hydrogen-bond donors (Lipinski definition) is 1. The average Bonchev–Trinajstić information content (AvgIpc) is 2.53. The van der Waals surface area contributed by atoms with Crippen LogP contribution in [0.15, 0.2) is 48.5 Å². The summed E-state index contributed by atoms with van der Waals surface area (Å²) in [5.41, 5.74) is 3.06. The highest BCUT2D eigenvalue weighted by Gasteiger charge is 2.12. The van der Waals surface area contributed by atoms with E-state index in [9.17, 15) is 5.11 Å². The third kappa shape index (κ3) is 2.58. The van der Waals surface area contributed by atoms with Crippen LogP contribution in [0.1, 0.15) is 18.7 Å². The van der Waals surface area contributed by atoms with E-state index in [0.717, 1.165) is 22.2 Å². The van der Waals surface area contributed by atoms with Crippen LogP contribution in [0.3, 0.4) is 0 Å². The van der Waals surface area contributed by atoms with E-state index >= 15 is 0 Å². The zero-order valence-corrected chi connectivity index (χ0v) is 11.9. The highest BCUT2D eigenvalue weighted by atomic mass is 16.5. The predicted molar refractivity (Wildman–Crippen MR) is 82.2 cm³/mol. The number of hydrogen-bond acceptors (Lipinski definition) is 4. The molecule has 3 rings (SSSR count). The van der Waals surface area contributed by atoms with Gasteiger partial charge in [0.15, 0.2) is 0 Å². The Morgan fingerprint density at radius 3 is 2.62 bits per heavy atom. The number of methoxy groups -OCH3 is 1. The van der Waals surface area contributed by atoms with E-state index in [1.807, 2.05) is 42.5 Å². The third-order valence-corrected chi connectivity index (χ3v) is 3.36. The Labute approximate surface area is 123 Å². The lowest BCUT2D eigenvalue weighted by Crippen LogP contribution is -1.99. The summed E-state index contributed by atoms with van der Waals surface area (Å²) in [5.74, 6) is 0.531. The maximum Gasteiger partial charge on any atom is 0.223 e. The molecular formula is C17H16N2O2. The summed E-state index contributed by atoms with van der Waals surface area (Å²) in [7, 11) is 1.60. The van der Waals surface area contributed by atoms with Gasteiger partial charge in [0.1, 0.15) is 0 Å². The number of fused-ring (bicyclic) bond motifs is 1. The van der Waals surface area contributed by atoms with Crippen molar-refractivity contribution in [1.29, 1.82) is 0 Å². The number of aliphatic hydroxyl groups excluding tert-OH is 1. The van der Waals surface area contributed by atoms with Crippen molar-refractivity contribution in [1.82, 2.24) is 9.97 Å². The van der Waals surface area contributed by atoms with Gasteiger partial charge in [-0.2, -0.15) is 0 Å². The summed E-state index contributed by atoms with van der Waals surface area (Å²) < 4.78 is 5.39. The Hall–Kier alpha value is -2.46. The number of aromatic nitrogens is 2. The first-order valence-electron chi connectivity index (χ1n) is 6.78. The molecule has 0 aliphatic carbocycles. The van der Waals surface area contributed by atoms with Gasteiger partial charge < -0.3 is 9.84 Å². The van der Waals surface area contributed by atoms with Crippen molar-refractivity contribution >= 4 is 10.9 Å². The SMILES string of the molecule is COc1nc2ccccc2cc1-c1cccc([C@H](C)O)n1. The molecule has 0 unspecified atom stereocenters. The lowest BCUT2D eigenvalue weighted by Gasteiger charge is -2.11. The van der Waals surface area contributed by atoms with Gasteiger partial charge in [0.05, 0.1) is 35.7 Å². The quantitative estimate of drug-likeness (QED) is 0.799. The van der Waals surface area contributed by atoms with Crippen molar-refractivity contribution in [2.24, 2.45) is 0 Å². The minimum absolute atomic E-state index is 0.531. The summed E-state index contributed by atoms with van der Waals surface area (Å²) in [6, 6.07) is 15.4. The summed E-state index contributed by atoms with van der Waals surface area (Å²) >= 11 is 0. The fourth-order valence-electron chi connectivity index (χ4n) is 2.27. The highest BCUT2D eigenvalue weighted by Crippen LogP contribution is 2.30. The average molecular weight is 280 g/mol. The summed E-state index contributed by atoms with van der Waals surface area (Å²) in [6.07, 6.45) is -0.607. The van der Waals surface area contributed by atoms with Gasteiger partial charge in [-0.05, 0) is 31.2 Å². The zero-order chi connectivity index (χ0) is 14.8. The molecular weight excluding hydrogens is 264 g/mol. The zero-order valence-electron chi connectivity index (χ0n) is 11.9. The van der Waals surface area contributed by atoms with Crippen molar-refractivity contribution in [3.63, 3.8) is 0 Å². The van der Waals surface area contributed by atoms with Gasteiger partial charge >= 0.3 is 0 Å². The fraction of sp³-hybridized carbons (Fsp3) is 0.176. The molecule has 0 amide bonds. The second-order valence-electron chi connectivity index (χ2n) is 4.86. The van der Waals surface area contributed by atoms with Crippen LogP contribution in [-0.2, 0) is 0 Å². The van der Waals surface area contributed by atoms with Crippen molar-refractivity contribution in [2.45, 2.75) is 13.0 Å². The largest absolute Gasteiger partial charge is 0.480 e. The van der Waals surface area contributed by atoms with Crippen LogP contribution in [0.5, 0.6) is 5.88 Å². The van der Waals surface area contributed by atoms with E-state index in [0.29, 0.717) is 11.6 Å². The molecule has 1 atom stereocenters. The molecule has 3 aromatic rings. The molecule has 0 saturated heterocycles. The third-order valence-electron chi connectivity index (χ3n) is 3.36. The van der Waals surface area contributed by atoms with E-state index < -0.39 is 6.10 Å². The first-order chi connectivity index (χ1) is 10.2. The van der Waals surface area contributed by atoms with Crippen LogP contribution < -0.4 is 4.74 Å². The van der Waals surface area contributed by atoms with E-state index in [-0.39, 0.29) is 0 Å². The van der Waals surface area contributed by atoms with Crippen molar-refractivity contribution in [3.05, 3.63) is 54.2 Å². The number of nitrogens with zero attached hydrogens (tertiary/aromatic N) is 2. The first kappa shape index (κ1) is 13.5. The Morgan fingerprint density at radius 1 is 1.05 bits per heavy atom. The Kier molecular flexibility index (Phi) is 3.54. The smallest absolute Gasteiger partial charge is 0.223 e. The lowest BCUT2D eigenvalue weighted by molar-refractivity contribution is 0.194. The predicted octanol–water partition coefficient (Wildman–Crippen LogP) is 3.36. The minimum Gasteiger partial charge on any atom is -0.480 e. The van der Waals surface area contributed by atoms with Crippen LogP contribution in [0, 0.1) is 0 Å². The Balaban J connectivity index is 2.21. The molecule has 0 radical (unpaired) electrons. The normalized spacial score (nSPS) is 12.3. The van der Waals surface area contributed by atoms with Crippen LogP contribution in [0.4, 0.5) is 0 Å². The van der Waals surface area contributed by atoms with Crippen LogP contribution >= 0.6 is 0 Å². The van der Waals surface area contributed by atoms with Gasteiger partial charge in [-0.15, -0.1) is 0 Å². The number of rotatable bonds is 3. The standard InChI is InChI=1S/C17H16N2O2/c1-11(20)14-8-5-9-16(18-14)13-10-12-6-3-4-7-15(12)19-17(13)21-2/h3-11,20H,1-2H3/t11-/m0/s1. The maximum absolute atomic E-state index is 9.68. The van der Waals surface area contributed by atoms with Gasteiger partial charge in [-0.3, -0.25) is 0 Å². The molecule has 0 bridgehead atoms. The second kappa shape index (κ2) is 5.50. The summed E-state index contributed by atoms with van der Waals surface area (Å²) in [6.45, 7) is 1.70. The van der Waals surface area contributed by atoms with Crippen LogP contribution in [0.25, 0.3) is 22.2 Å². The van der Waals surface area contributed by atoms with Crippen molar-refractivity contribution < 1.29 is 9.84 Å². The number of ether oxygens (including phenoxy) is 1. The van der Waals surface area contributed by atoms with Gasteiger partial charge in [-0.1, -0.05) is 24.3 Å². The van der Waals surface area contributed by atoms with Gasteiger partial charge in [0, 0.05) is 5.39 Å². The molecule has 4 heteroatoms. The topological polar surface area (TPSA) is 55.2 Å². The van der Waals surface area contributed by atoms with Gasteiger partial charge in [0.25, 0.3) is 0 Å². The van der Waals surface area contributed by atoms with Crippen molar-refractivity contribution in [3.8, 4) is 17.1 Å². The number of pyridine rings is 2. The molecule has 1 aromatic carbocycles. The first-order valence-corrected chi connectivity index (χ1v) is 6.78. The van der Waals surface area contributed by atoms with Gasteiger partial charge in [0.2, 0.25) is 5.88 Å². The lowest BCUT2D eigenvalue weighted by atomic mass is 10.1. The molecule has 2 aromatic heterocycles. The van der Waals surface area contributed by atoms with Gasteiger partial charge in [-0.25, -0.2) is 9.97 Å². The molecule has 0 fully saturated rings. The highest BCUT2D eigenvalue weighted by molar-refractivity contribution is 5.85. The number of para-hydroxylation sites is 1. The van der Waals surface area contributed by atoms with E-state index in [2.05, 4.69) is 9.97 Å². The number of benzene rings is 1. The van der Waals surface area contributed by atoms with E-state index in [4.69, 9.17) is 4.74 Å². The minimum atomic E-state index is -0.607. The Bertz CT molecular complexity index is 785. The molecule has 2 heterocycles. The molecule has 0 aliphatic rings. The number of aliphatic hydroxyl groups is 1. The summed E-state index contributed by atoms with van der Waals surface area (Å²) in [5, 5.41) is 10.7. The Morgan fingerprint density at radius 2 is 1.86 bits per heavy atom. The second-order valence-corrected chi connectivity index (χ2v) is 4.86. The van der Waals surface area contributed by atoms with Crippen LogP contribution in [-0.4, -0.2) is 22.2 Å². The van der Waals surface area contributed by atoms with Crippen LogP contribution in [0.2, 0.25) is 0 Å². The molecule has 0 spiro atoms. The molecule has 21 heavy (non-hydrogen) atoms. The van der Waals surface area contributed by atoms with E-state index in [1.54, 1.807) is 20.1 Å². The van der Waals surface area contributed by atoms with E-state index in [1.165, 1.54) is 0 Å². The fourth-order valence-corrected chi connectivity index (χ4v) is 2.27. The maximum atomic E-state index is 9.68. The molecule has 0 aliphatic heterocycles. The summed E-state index contributed by atoms with van der Waals surface area (Å²) in [4.78, 5) is 9.01. The molecule has 4 nitrogen and oxygen atoms in total. The van der Waals surface area contributed by atoms with Crippen molar-refractivity contribution in [2.75, 3.05) is 7.11 Å².